The van der Waals surface area contributed by atoms with E-state index in [0.29, 0.717) is 33.7 Å². The van der Waals surface area contributed by atoms with Crippen molar-refractivity contribution >= 4 is 40.6 Å². The van der Waals surface area contributed by atoms with Gasteiger partial charge in [-0.15, -0.1) is 0 Å². The molecular weight excluding hydrogens is 316 g/mol. The van der Waals surface area contributed by atoms with Crippen LogP contribution in [0.4, 0.5) is 5.69 Å². The van der Waals surface area contributed by atoms with E-state index in [1.807, 2.05) is 0 Å². The molecule has 1 heterocycles. The summed E-state index contributed by atoms with van der Waals surface area (Å²) < 4.78 is 0. The van der Waals surface area contributed by atoms with Crippen LogP contribution in [0, 0.1) is 0 Å². The number of carbonyl (C=O) groups excluding carboxylic acids is 1. The second kappa shape index (κ2) is 6.06. The number of halogens is 1. The van der Waals surface area contributed by atoms with Crippen LogP contribution < -0.4 is 5.32 Å². The van der Waals surface area contributed by atoms with Gasteiger partial charge in [0, 0.05) is 21.7 Å². The molecule has 3 rings (SSSR count). The van der Waals surface area contributed by atoms with Crippen molar-refractivity contribution in [1.29, 1.82) is 0 Å². The number of fused-ring (bicyclic) bond motifs is 1. The Balaban J connectivity index is 2.16. The van der Waals surface area contributed by atoms with Crippen molar-refractivity contribution in [3.8, 4) is 11.3 Å². The minimum Gasteiger partial charge on any atom is -0.478 e. The fourth-order valence-corrected chi connectivity index (χ4v) is 2.50. The summed E-state index contributed by atoms with van der Waals surface area (Å²) in [5.74, 6) is -1.04. The van der Waals surface area contributed by atoms with Gasteiger partial charge in [-0.25, -0.2) is 9.78 Å². The zero-order valence-electron chi connectivity index (χ0n) is 11.8. The lowest BCUT2D eigenvalue weighted by molar-refractivity contribution is -0.105. The van der Waals surface area contributed by atoms with Crippen molar-refractivity contribution in [3.05, 3.63) is 59.1 Å². The molecule has 2 N–H and O–H groups in total. The van der Waals surface area contributed by atoms with Gasteiger partial charge < -0.3 is 10.4 Å². The number of amides is 1. The van der Waals surface area contributed by atoms with Gasteiger partial charge in [-0.1, -0.05) is 23.7 Å². The predicted molar refractivity (Wildman–Crippen MR) is 88.8 cm³/mol. The van der Waals surface area contributed by atoms with Gasteiger partial charge in [0.15, 0.2) is 0 Å². The molecule has 1 amide bonds. The van der Waals surface area contributed by atoms with Crippen molar-refractivity contribution in [2.45, 2.75) is 0 Å². The summed E-state index contributed by atoms with van der Waals surface area (Å²) in [4.78, 5) is 26.4. The maximum atomic E-state index is 11.5. The fraction of sp³-hybridized carbons (Fsp3) is 0. The molecule has 6 heteroatoms. The summed E-state index contributed by atoms with van der Waals surface area (Å²) in [5, 5.41) is 12.9. The highest BCUT2D eigenvalue weighted by Gasteiger charge is 2.13. The molecule has 3 aromatic rings. The van der Waals surface area contributed by atoms with Crippen LogP contribution in [-0.4, -0.2) is 22.5 Å². The minimum absolute atomic E-state index is 0.141. The molecule has 0 bridgehead atoms. The number of nitrogens with one attached hydrogen (secondary N) is 1. The zero-order valence-corrected chi connectivity index (χ0v) is 12.5. The number of aromatic nitrogens is 1. The second-order valence-electron chi connectivity index (χ2n) is 4.86. The molecule has 0 fully saturated rings. The number of pyridine rings is 1. The number of anilines is 1. The predicted octanol–water partition coefficient (Wildman–Crippen LogP) is 3.82. The molecule has 0 radical (unpaired) electrons. The number of benzene rings is 2. The van der Waals surface area contributed by atoms with Crippen LogP contribution in [0.3, 0.4) is 0 Å². The summed E-state index contributed by atoms with van der Waals surface area (Å²) in [6.45, 7) is 0. The Bertz CT molecular complexity index is 908. The molecule has 1 aromatic heterocycles. The van der Waals surface area contributed by atoms with E-state index in [0.717, 1.165) is 5.56 Å². The molecule has 23 heavy (non-hydrogen) atoms. The first kappa shape index (κ1) is 15.0. The van der Waals surface area contributed by atoms with E-state index >= 15 is 0 Å². The molecule has 0 atom stereocenters. The van der Waals surface area contributed by atoms with E-state index in [1.54, 1.807) is 42.5 Å². The number of carboxylic acid groups (broad SMARTS) is 1. The summed E-state index contributed by atoms with van der Waals surface area (Å²) in [7, 11) is 0. The molecule has 0 unspecified atom stereocenters. The van der Waals surface area contributed by atoms with Crippen molar-refractivity contribution in [2.75, 3.05) is 5.32 Å². The van der Waals surface area contributed by atoms with Gasteiger partial charge in [-0.05, 0) is 36.4 Å². The van der Waals surface area contributed by atoms with Crippen molar-refractivity contribution in [3.63, 3.8) is 0 Å². The van der Waals surface area contributed by atoms with E-state index < -0.39 is 5.97 Å². The van der Waals surface area contributed by atoms with Crippen LogP contribution in [0.1, 0.15) is 10.4 Å². The Hall–Kier alpha value is -2.92. The average molecular weight is 327 g/mol. The van der Waals surface area contributed by atoms with Gasteiger partial charge in [-0.3, -0.25) is 4.79 Å². The maximum absolute atomic E-state index is 11.5. The van der Waals surface area contributed by atoms with Gasteiger partial charge in [0.1, 0.15) is 0 Å². The van der Waals surface area contributed by atoms with Gasteiger partial charge >= 0.3 is 5.97 Å². The molecule has 2 aromatic carbocycles. The van der Waals surface area contributed by atoms with E-state index in [9.17, 15) is 14.7 Å². The van der Waals surface area contributed by atoms with Crippen molar-refractivity contribution in [1.82, 2.24) is 4.98 Å². The van der Waals surface area contributed by atoms with E-state index in [1.165, 1.54) is 6.07 Å². The third kappa shape index (κ3) is 3.00. The first-order valence-corrected chi connectivity index (χ1v) is 7.10. The Morgan fingerprint density at radius 1 is 1.13 bits per heavy atom. The number of hydrogen-bond donors (Lipinski definition) is 2. The highest BCUT2D eigenvalue weighted by molar-refractivity contribution is 6.31. The lowest BCUT2D eigenvalue weighted by Crippen LogP contribution is -2.00. The Morgan fingerprint density at radius 2 is 1.87 bits per heavy atom. The zero-order chi connectivity index (χ0) is 16.4. The number of carboxylic acids is 1. The SMILES string of the molecule is O=CNc1ccc(-c2cc(C(=O)O)c3cc(Cl)ccc3n2)cc1. The van der Waals surface area contributed by atoms with Crippen LogP contribution >= 0.6 is 11.6 Å². The third-order valence-electron chi connectivity index (χ3n) is 3.41. The molecule has 0 aliphatic rings. The lowest BCUT2D eigenvalue weighted by Gasteiger charge is -2.08. The Kier molecular flexibility index (Phi) is 3.95. The molecule has 0 aliphatic carbocycles. The summed E-state index contributed by atoms with van der Waals surface area (Å²) >= 11 is 5.94. The number of rotatable bonds is 4. The molecule has 0 saturated heterocycles. The Morgan fingerprint density at radius 3 is 2.52 bits per heavy atom. The van der Waals surface area contributed by atoms with Crippen LogP contribution in [0.2, 0.25) is 5.02 Å². The number of nitrogens with zero attached hydrogens (tertiary/aromatic N) is 1. The van der Waals surface area contributed by atoms with E-state index in [-0.39, 0.29) is 5.56 Å². The lowest BCUT2D eigenvalue weighted by atomic mass is 10.0. The molecule has 114 valence electrons. The van der Waals surface area contributed by atoms with Crippen LogP contribution in [-0.2, 0) is 4.79 Å². The molecule has 0 aliphatic heterocycles. The summed E-state index contributed by atoms with van der Waals surface area (Å²) in [6, 6.07) is 13.4. The van der Waals surface area contributed by atoms with Crippen molar-refractivity contribution < 1.29 is 14.7 Å². The highest BCUT2D eigenvalue weighted by Crippen LogP contribution is 2.27. The summed E-state index contributed by atoms with van der Waals surface area (Å²) in [5.41, 5.74) is 2.63. The number of aromatic carboxylic acids is 1. The topological polar surface area (TPSA) is 79.3 Å². The van der Waals surface area contributed by atoms with Gasteiger partial charge in [0.05, 0.1) is 16.8 Å². The smallest absolute Gasteiger partial charge is 0.336 e. The maximum Gasteiger partial charge on any atom is 0.336 e. The highest BCUT2D eigenvalue weighted by atomic mass is 35.5. The minimum atomic E-state index is -1.04. The molecule has 5 nitrogen and oxygen atoms in total. The largest absolute Gasteiger partial charge is 0.478 e. The van der Waals surface area contributed by atoms with E-state index in [2.05, 4.69) is 10.3 Å². The van der Waals surface area contributed by atoms with Gasteiger partial charge in [0.25, 0.3) is 0 Å². The first-order chi connectivity index (χ1) is 11.1. The normalized spacial score (nSPS) is 10.5. The molecule has 0 saturated carbocycles. The monoisotopic (exact) mass is 326 g/mol. The number of carbonyl (C=O) groups is 2. The first-order valence-electron chi connectivity index (χ1n) is 6.73. The van der Waals surface area contributed by atoms with Gasteiger partial charge in [0.2, 0.25) is 6.41 Å². The standard InChI is InChI=1S/C17H11ClN2O3/c18-11-3-6-15-13(7-11)14(17(22)23)8-16(20-15)10-1-4-12(5-2-10)19-9-21/h1-9H,(H,19,21)(H,22,23). The quantitative estimate of drug-likeness (QED) is 0.714. The van der Waals surface area contributed by atoms with Crippen LogP contribution in [0.25, 0.3) is 22.2 Å². The average Bonchev–Trinajstić information content (AvgIpc) is 2.55. The second-order valence-corrected chi connectivity index (χ2v) is 5.30. The van der Waals surface area contributed by atoms with Gasteiger partial charge in [-0.2, -0.15) is 0 Å². The molecule has 0 spiro atoms. The van der Waals surface area contributed by atoms with E-state index in [4.69, 9.17) is 11.6 Å². The summed E-state index contributed by atoms with van der Waals surface area (Å²) in [6.07, 6.45) is 0.593. The fourth-order valence-electron chi connectivity index (χ4n) is 2.33. The Labute approximate surface area is 136 Å². The molecular formula is C17H11ClN2O3. The number of hydrogen-bond acceptors (Lipinski definition) is 3. The van der Waals surface area contributed by atoms with Crippen LogP contribution in [0.15, 0.2) is 48.5 Å². The van der Waals surface area contributed by atoms with Crippen LogP contribution in [0.5, 0.6) is 0 Å². The van der Waals surface area contributed by atoms with Crippen molar-refractivity contribution in [2.24, 2.45) is 0 Å². The third-order valence-corrected chi connectivity index (χ3v) is 3.64.